The van der Waals surface area contributed by atoms with Gasteiger partial charge in [-0.15, -0.1) is 0 Å². The Hall–Kier alpha value is -2.89. The zero-order valence-corrected chi connectivity index (χ0v) is 15.7. The van der Waals surface area contributed by atoms with E-state index in [-0.39, 0.29) is 11.9 Å². The fourth-order valence-electron chi connectivity index (χ4n) is 3.43. The van der Waals surface area contributed by atoms with Crippen LogP contribution in [-0.2, 0) is 4.74 Å². The van der Waals surface area contributed by atoms with Crippen molar-refractivity contribution in [3.63, 3.8) is 0 Å². The van der Waals surface area contributed by atoms with Crippen molar-refractivity contribution >= 4 is 11.9 Å². The number of hydrogen-bond acceptors (Lipinski definition) is 5. The van der Waals surface area contributed by atoms with Crippen molar-refractivity contribution in [3.8, 4) is 5.75 Å². The zero-order chi connectivity index (χ0) is 19.2. The van der Waals surface area contributed by atoms with Crippen LogP contribution in [0.3, 0.4) is 0 Å². The summed E-state index contributed by atoms with van der Waals surface area (Å²) in [4.78, 5) is 30.8. The van der Waals surface area contributed by atoms with Crippen molar-refractivity contribution in [2.24, 2.45) is 0 Å². The molecule has 0 N–H and O–H groups in total. The third-order valence-corrected chi connectivity index (χ3v) is 4.92. The predicted molar refractivity (Wildman–Crippen MR) is 101 cm³/mol. The lowest BCUT2D eigenvalue weighted by Crippen LogP contribution is -2.35. The Balaban J connectivity index is 1.85. The summed E-state index contributed by atoms with van der Waals surface area (Å²) in [6.45, 7) is 0.690. The number of carbonyl (C=O) groups is 2. The Bertz CT molecular complexity index is 787. The molecule has 1 unspecified atom stereocenters. The second kappa shape index (κ2) is 8.66. The summed E-state index contributed by atoms with van der Waals surface area (Å²) in [5.74, 6) is 0.215. The van der Waals surface area contributed by atoms with Gasteiger partial charge >= 0.3 is 5.97 Å². The SMILES string of the molecule is COC(=O)c1ccc(C(=O)N2CCCCCC2c2ccc(OC)cc2)nc1. The molecular weight excluding hydrogens is 344 g/mol. The van der Waals surface area contributed by atoms with Gasteiger partial charge in [0.25, 0.3) is 5.91 Å². The van der Waals surface area contributed by atoms with Gasteiger partial charge in [0.2, 0.25) is 0 Å². The standard InChI is InChI=1S/C21H24N2O4/c1-26-17-10-7-15(8-11-17)19-6-4-3-5-13-23(19)20(24)18-12-9-16(14-22-18)21(25)27-2/h7-12,14,19H,3-6,13H2,1-2H3. The maximum Gasteiger partial charge on any atom is 0.339 e. The Morgan fingerprint density at radius 1 is 1.04 bits per heavy atom. The highest BCUT2D eigenvalue weighted by Crippen LogP contribution is 2.32. The van der Waals surface area contributed by atoms with E-state index in [9.17, 15) is 9.59 Å². The number of ether oxygens (including phenoxy) is 2. The van der Waals surface area contributed by atoms with Gasteiger partial charge < -0.3 is 14.4 Å². The zero-order valence-electron chi connectivity index (χ0n) is 15.7. The highest BCUT2D eigenvalue weighted by atomic mass is 16.5. The monoisotopic (exact) mass is 368 g/mol. The van der Waals surface area contributed by atoms with Crippen LogP contribution in [0.2, 0.25) is 0 Å². The van der Waals surface area contributed by atoms with E-state index >= 15 is 0 Å². The van der Waals surface area contributed by atoms with Gasteiger partial charge in [0.05, 0.1) is 25.8 Å². The third-order valence-electron chi connectivity index (χ3n) is 4.92. The maximum absolute atomic E-state index is 13.1. The summed E-state index contributed by atoms with van der Waals surface area (Å²) >= 11 is 0. The number of esters is 1. The number of nitrogens with zero attached hydrogens (tertiary/aromatic N) is 2. The first-order valence-electron chi connectivity index (χ1n) is 9.13. The van der Waals surface area contributed by atoms with Crippen LogP contribution in [0.1, 0.15) is 58.1 Å². The summed E-state index contributed by atoms with van der Waals surface area (Å²) in [6, 6.07) is 11.1. The number of methoxy groups -OCH3 is 2. The maximum atomic E-state index is 13.1. The van der Waals surface area contributed by atoms with Crippen molar-refractivity contribution in [1.82, 2.24) is 9.88 Å². The van der Waals surface area contributed by atoms with Gasteiger partial charge in [0, 0.05) is 12.7 Å². The molecular formula is C21H24N2O4. The molecule has 6 heteroatoms. The van der Waals surface area contributed by atoms with Crippen LogP contribution in [0, 0.1) is 0 Å². The minimum absolute atomic E-state index is 0.00740. The van der Waals surface area contributed by atoms with E-state index in [1.54, 1.807) is 19.2 Å². The van der Waals surface area contributed by atoms with Crippen LogP contribution in [-0.4, -0.2) is 42.5 Å². The fraction of sp³-hybridized carbons (Fsp3) is 0.381. The van der Waals surface area contributed by atoms with Crippen LogP contribution in [0.4, 0.5) is 0 Å². The Morgan fingerprint density at radius 3 is 2.44 bits per heavy atom. The summed E-state index contributed by atoms with van der Waals surface area (Å²) < 4.78 is 9.91. The Labute approximate surface area is 159 Å². The number of aromatic nitrogens is 1. The number of hydrogen-bond donors (Lipinski definition) is 0. The van der Waals surface area contributed by atoms with Gasteiger partial charge in [0.15, 0.2) is 0 Å². The lowest BCUT2D eigenvalue weighted by molar-refractivity contribution is 0.0597. The van der Waals surface area contributed by atoms with E-state index in [2.05, 4.69) is 9.72 Å². The molecule has 0 spiro atoms. The molecule has 1 aliphatic rings. The first-order chi connectivity index (χ1) is 13.1. The molecule has 142 valence electrons. The van der Waals surface area contributed by atoms with Gasteiger partial charge in [0.1, 0.15) is 11.4 Å². The van der Waals surface area contributed by atoms with E-state index in [0.717, 1.165) is 37.0 Å². The third kappa shape index (κ3) is 4.27. The number of carbonyl (C=O) groups excluding carboxylic acids is 2. The normalized spacial score (nSPS) is 17.1. The smallest absolute Gasteiger partial charge is 0.339 e. The molecule has 2 heterocycles. The second-order valence-corrected chi connectivity index (χ2v) is 6.56. The van der Waals surface area contributed by atoms with Crippen molar-refractivity contribution in [2.45, 2.75) is 31.7 Å². The summed E-state index contributed by atoms with van der Waals surface area (Å²) in [6.07, 6.45) is 5.45. The topological polar surface area (TPSA) is 68.7 Å². The van der Waals surface area contributed by atoms with Crippen molar-refractivity contribution in [3.05, 3.63) is 59.4 Å². The van der Waals surface area contributed by atoms with Gasteiger partial charge in [-0.25, -0.2) is 4.79 Å². The molecule has 0 aliphatic carbocycles. The van der Waals surface area contributed by atoms with E-state index < -0.39 is 5.97 Å². The van der Waals surface area contributed by atoms with Crippen molar-refractivity contribution in [2.75, 3.05) is 20.8 Å². The van der Waals surface area contributed by atoms with Crippen LogP contribution >= 0.6 is 0 Å². The number of amides is 1. The summed E-state index contributed by atoms with van der Waals surface area (Å²) in [7, 11) is 2.96. The molecule has 0 radical (unpaired) electrons. The van der Waals surface area contributed by atoms with Gasteiger partial charge in [-0.05, 0) is 42.7 Å². The molecule has 1 aromatic carbocycles. The van der Waals surface area contributed by atoms with Crippen LogP contribution in [0.25, 0.3) is 0 Å². The molecule has 6 nitrogen and oxygen atoms in total. The number of pyridine rings is 1. The van der Waals surface area contributed by atoms with E-state index in [1.807, 2.05) is 29.2 Å². The van der Waals surface area contributed by atoms with Crippen molar-refractivity contribution in [1.29, 1.82) is 0 Å². The molecule has 1 aromatic heterocycles. The molecule has 1 saturated heterocycles. The van der Waals surface area contributed by atoms with Gasteiger partial charge in [-0.1, -0.05) is 25.0 Å². The molecule has 3 rings (SSSR count). The van der Waals surface area contributed by atoms with E-state index in [0.29, 0.717) is 17.8 Å². The number of rotatable bonds is 4. The van der Waals surface area contributed by atoms with Gasteiger partial charge in [-0.3, -0.25) is 9.78 Å². The first kappa shape index (κ1) is 18.9. The van der Waals surface area contributed by atoms with Crippen molar-refractivity contribution < 1.29 is 19.1 Å². The average molecular weight is 368 g/mol. The largest absolute Gasteiger partial charge is 0.497 e. The molecule has 1 amide bonds. The van der Waals surface area contributed by atoms with Crippen LogP contribution in [0.15, 0.2) is 42.6 Å². The second-order valence-electron chi connectivity index (χ2n) is 6.56. The Morgan fingerprint density at radius 2 is 1.81 bits per heavy atom. The molecule has 27 heavy (non-hydrogen) atoms. The number of benzene rings is 1. The summed E-state index contributed by atoms with van der Waals surface area (Å²) in [5, 5.41) is 0. The predicted octanol–water partition coefficient (Wildman–Crippen LogP) is 3.63. The lowest BCUT2D eigenvalue weighted by Gasteiger charge is -2.30. The van der Waals surface area contributed by atoms with E-state index in [4.69, 9.17) is 4.74 Å². The quantitative estimate of drug-likeness (QED) is 0.771. The van der Waals surface area contributed by atoms with Crippen LogP contribution in [0.5, 0.6) is 5.75 Å². The molecule has 1 atom stereocenters. The first-order valence-corrected chi connectivity index (χ1v) is 9.13. The average Bonchev–Trinajstić information content (AvgIpc) is 2.99. The molecule has 2 aromatic rings. The number of likely N-dealkylation sites (tertiary alicyclic amines) is 1. The fourth-order valence-corrected chi connectivity index (χ4v) is 3.43. The van der Waals surface area contributed by atoms with Gasteiger partial charge in [-0.2, -0.15) is 0 Å². The highest BCUT2D eigenvalue weighted by Gasteiger charge is 2.28. The molecule has 0 saturated carbocycles. The Kier molecular flexibility index (Phi) is 6.06. The minimum Gasteiger partial charge on any atom is -0.497 e. The minimum atomic E-state index is -0.465. The molecule has 1 aliphatic heterocycles. The molecule has 0 bridgehead atoms. The lowest BCUT2D eigenvalue weighted by atomic mass is 10.0. The molecule has 1 fully saturated rings. The van der Waals surface area contributed by atoms with E-state index in [1.165, 1.54) is 13.3 Å². The summed E-state index contributed by atoms with van der Waals surface area (Å²) in [5.41, 5.74) is 1.76. The highest BCUT2D eigenvalue weighted by molar-refractivity contribution is 5.94. The van der Waals surface area contributed by atoms with Crippen LogP contribution < -0.4 is 4.74 Å².